The van der Waals surface area contributed by atoms with Crippen molar-refractivity contribution in [3.05, 3.63) is 94.4 Å². The predicted octanol–water partition coefficient (Wildman–Crippen LogP) is 2.34. The minimum atomic E-state index is -0.893. The molecule has 0 amide bonds. The second kappa shape index (κ2) is 8.39. The Bertz CT molecular complexity index is 1430. The number of thiazole rings is 1. The molecule has 3 aromatic rings. The second-order valence-corrected chi connectivity index (χ2v) is 8.24. The molecule has 10 heteroatoms. The lowest BCUT2D eigenvalue weighted by atomic mass is 9.94. The Balaban J connectivity index is 2.00. The molecule has 1 N–H and O–H groups in total. The summed E-state index contributed by atoms with van der Waals surface area (Å²) in [7, 11) is 0. The number of fused-ring (bicyclic) bond motifs is 1. The van der Waals surface area contributed by atoms with Gasteiger partial charge in [0.05, 0.1) is 33.4 Å². The number of hydrogen-bond acceptors (Lipinski definition) is 7. The largest absolute Gasteiger partial charge is 0.463 e. The number of hydrogen-bond donors (Lipinski definition) is 1. The lowest BCUT2D eigenvalue weighted by Gasteiger charge is -2.24. The van der Waals surface area contributed by atoms with E-state index in [0.29, 0.717) is 26.2 Å². The van der Waals surface area contributed by atoms with E-state index in [2.05, 4.69) is 9.98 Å². The summed E-state index contributed by atoms with van der Waals surface area (Å²) in [6.07, 6.45) is 3.46. The summed E-state index contributed by atoms with van der Waals surface area (Å²) in [5, 5.41) is 11.5. The van der Waals surface area contributed by atoms with Crippen LogP contribution in [0.3, 0.4) is 0 Å². The van der Waals surface area contributed by atoms with Gasteiger partial charge >= 0.3 is 5.97 Å². The van der Waals surface area contributed by atoms with Crippen LogP contribution < -0.4 is 14.9 Å². The first-order chi connectivity index (χ1) is 15.3. The molecular weight excluding hydrogens is 432 g/mol. The highest BCUT2D eigenvalue weighted by atomic mass is 32.1. The summed E-state index contributed by atoms with van der Waals surface area (Å²) in [6.45, 7) is 5.14. The maximum atomic E-state index is 13.4. The van der Waals surface area contributed by atoms with Gasteiger partial charge in [0.25, 0.3) is 11.2 Å². The molecule has 4 rings (SSSR count). The van der Waals surface area contributed by atoms with Gasteiger partial charge in [-0.05, 0) is 44.5 Å². The van der Waals surface area contributed by atoms with E-state index in [1.54, 1.807) is 45.2 Å². The summed E-state index contributed by atoms with van der Waals surface area (Å²) in [5.41, 5.74) is 1.83. The van der Waals surface area contributed by atoms with E-state index in [4.69, 9.17) is 4.74 Å². The fraction of sp³-hybridized carbons (Fsp3) is 0.227. The number of H-pyrrole nitrogens is 1. The molecule has 1 aliphatic heterocycles. The van der Waals surface area contributed by atoms with Crippen molar-refractivity contribution in [1.82, 2.24) is 9.55 Å². The lowest BCUT2D eigenvalue weighted by molar-refractivity contribution is -0.385. The van der Waals surface area contributed by atoms with Crippen molar-refractivity contribution in [3.8, 4) is 0 Å². The van der Waals surface area contributed by atoms with Crippen molar-refractivity contribution in [1.29, 1.82) is 0 Å². The first-order valence-corrected chi connectivity index (χ1v) is 10.7. The molecular formula is C22H20N4O5S. The number of aryl methyl sites for hydroxylation is 1. The Morgan fingerprint density at radius 2 is 2.16 bits per heavy atom. The number of aromatic nitrogens is 2. The third-order valence-corrected chi connectivity index (χ3v) is 6.15. The molecule has 2 aromatic heterocycles. The van der Waals surface area contributed by atoms with Gasteiger partial charge in [-0.1, -0.05) is 23.5 Å². The van der Waals surface area contributed by atoms with Gasteiger partial charge in [-0.2, -0.15) is 0 Å². The Kier molecular flexibility index (Phi) is 5.62. The normalized spacial score (nSPS) is 16.0. The minimum Gasteiger partial charge on any atom is -0.463 e. The van der Waals surface area contributed by atoms with Crippen LogP contribution in [0.2, 0.25) is 0 Å². The summed E-state index contributed by atoms with van der Waals surface area (Å²) in [6, 6.07) is 7.46. The fourth-order valence-corrected chi connectivity index (χ4v) is 4.71. The van der Waals surface area contributed by atoms with Crippen LogP contribution >= 0.6 is 11.3 Å². The molecule has 0 spiro atoms. The quantitative estimate of drug-likeness (QED) is 0.362. The molecule has 0 bridgehead atoms. The van der Waals surface area contributed by atoms with E-state index < -0.39 is 16.9 Å². The monoisotopic (exact) mass is 452 g/mol. The van der Waals surface area contributed by atoms with E-state index in [-0.39, 0.29) is 23.4 Å². The van der Waals surface area contributed by atoms with Crippen LogP contribution in [0.1, 0.15) is 36.7 Å². The average molecular weight is 452 g/mol. The van der Waals surface area contributed by atoms with Crippen molar-refractivity contribution >= 4 is 29.1 Å². The predicted molar refractivity (Wildman–Crippen MR) is 119 cm³/mol. The molecule has 0 fully saturated rings. The number of ether oxygens (including phenoxy) is 1. The third kappa shape index (κ3) is 3.69. The summed E-state index contributed by atoms with van der Waals surface area (Å²) < 4.78 is 7.07. The SMILES string of the molecule is CCOC(=O)C1=C(C)N=c2s/c(=C/c3ccc[nH]3)c(=O)n2[C@H]1c1ccc(C)c([N+](=O)[O-])c1. The van der Waals surface area contributed by atoms with Crippen LogP contribution in [0.15, 0.2) is 57.6 Å². The molecule has 32 heavy (non-hydrogen) atoms. The van der Waals surface area contributed by atoms with Gasteiger partial charge in [0.1, 0.15) is 0 Å². The number of nitrogens with zero attached hydrogens (tertiary/aromatic N) is 3. The van der Waals surface area contributed by atoms with Crippen LogP contribution in [0.25, 0.3) is 6.08 Å². The van der Waals surface area contributed by atoms with Gasteiger partial charge in [-0.25, -0.2) is 9.79 Å². The van der Waals surface area contributed by atoms with Crippen molar-refractivity contribution < 1.29 is 14.5 Å². The van der Waals surface area contributed by atoms with E-state index >= 15 is 0 Å². The van der Waals surface area contributed by atoms with Crippen LogP contribution in [-0.4, -0.2) is 27.1 Å². The number of nitro benzene ring substituents is 1. The summed E-state index contributed by atoms with van der Waals surface area (Å²) in [4.78, 5) is 45.3. The summed E-state index contributed by atoms with van der Waals surface area (Å²) >= 11 is 1.19. The summed E-state index contributed by atoms with van der Waals surface area (Å²) in [5.74, 6) is -0.611. The number of allylic oxidation sites excluding steroid dienone is 1. The highest BCUT2D eigenvalue weighted by Gasteiger charge is 2.34. The second-order valence-electron chi connectivity index (χ2n) is 7.23. The molecule has 0 aliphatic carbocycles. The molecule has 0 unspecified atom stereocenters. The third-order valence-electron chi connectivity index (χ3n) is 5.17. The first kappa shape index (κ1) is 21.4. The molecule has 3 heterocycles. The molecule has 0 radical (unpaired) electrons. The molecule has 1 aromatic carbocycles. The smallest absolute Gasteiger partial charge is 0.338 e. The van der Waals surface area contributed by atoms with Crippen LogP contribution in [0.5, 0.6) is 0 Å². The number of esters is 1. The van der Waals surface area contributed by atoms with Crippen LogP contribution in [-0.2, 0) is 9.53 Å². The number of rotatable bonds is 5. The number of nitro groups is 1. The first-order valence-electron chi connectivity index (χ1n) is 9.89. The van der Waals surface area contributed by atoms with Crippen molar-refractivity contribution in [2.24, 2.45) is 4.99 Å². The number of nitrogens with one attached hydrogen (secondary N) is 1. The number of benzene rings is 1. The Morgan fingerprint density at radius 1 is 1.38 bits per heavy atom. The van der Waals surface area contributed by atoms with Gasteiger partial charge < -0.3 is 9.72 Å². The standard InChI is InChI=1S/C22H20N4O5S/c1-4-31-21(28)18-13(3)24-22-25(20(27)17(32-22)11-15-6-5-9-23-15)19(18)14-8-7-12(2)16(10-14)26(29)30/h5-11,19,23H,4H2,1-3H3/b17-11+/t19-/m0/s1. The Hall–Kier alpha value is -3.79. The van der Waals surface area contributed by atoms with Gasteiger partial charge in [-0.15, -0.1) is 0 Å². The van der Waals surface area contributed by atoms with Gasteiger partial charge in [0, 0.05) is 23.5 Å². The highest BCUT2D eigenvalue weighted by Crippen LogP contribution is 2.33. The van der Waals surface area contributed by atoms with Crippen molar-refractivity contribution in [2.75, 3.05) is 6.61 Å². The Labute approximate surface area is 186 Å². The highest BCUT2D eigenvalue weighted by molar-refractivity contribution is 7.07. The number of carbonyl (C=O) groups is 1. The zero-order valence-corrected chi connectivity index (χ0v) is 18.4. The van der Waals surface area contributed by atoms with Crippen LogP contribution in [0, 0.1) is 17.0 Å². The lowest BCUT2D eigenvalue weighted by Crippen LogP contribution is -2.40. The molecule has 0 saturated heterocycles. The average Bonchev–Trinajstić information content (AvgIpc) is 3.36. The van der Waals surface area contributed by atoms with Gasteiger partial charge in [-0.3, -0.25) is 19.5 Å². The minimum absolute atomic E-state index is 0.0890. The molecule has 164 valence electrons. The Morgan fingerprint density at radius 3 is 2.81 bits per heavy atom. The maximum Gasteiger partial charge on any atom is 0.338 e. The zero-order chi connectivity index (χ0) is 23.0. The van der Waals surface area contributed by atoms with Gasteiger partial charge in [0.2, 0.25) is 0 Å². The molecule has 1 atom stereocenters. The van der Waals surface area contributed by atoms with E-state index in [1.807, 2.05) is 12.1 Å². The van der Waals surface area contributed by atoms with Crippen molar-refractivity contribution in [2.45, 2.75) is 26.8 Å². The van der Waals surface area contributed by atoms with E-state index in [1.165, 1.54) is 22.0 Å². The van der Waals surface area contributed by atoms with Gasteiger partial charge in [0.15, 0.2) is 4.80 Å². The topological polar surface area (TPSA) is 120 Å². The van der Waals surface area contributed by atoms with Crippen LogP contribution in [0.4, 0.5) is 5.69 Å². The molecule has 1 aliphatic rings. The maximum absolute atomic E-state index is 13.4. The molecule has 9 nitrogen and oxygen atoms in total. The zero-order valence-electron chi connectivity index (χ0n) is 17.6. The van der Waals surface area contributed by atoms with E-state index in [0.717, 1.165) is 5.69 Å². The number of carbonyl (C=O) groups excluding carboxylic acids is 1. The number of aromatic amines is 1. The molecule has 0 saturated carbocycles. The van der Waals surface area contributed by atoms with Crippen molar-refractivity contribution in [3.63, 3.8) is 0 Å². The van der Waals surface area contributed by atoms with E-state index in [9.17, 15) is 19.7 Å². The fourth-order valence-electron chi connectivity index (χ4n) is 3.68.